The van der Waals surface area contributed by atoms with Gasteiger partial charge in [0.05, 0.1) is 11.6 Å². The van der Waals surface area contributed by atoms with Crippen LogP contribution in [0.1, 0.15) is 15.9 Å². The van der Waals surface area contributed by atoms with Gasteiger partial charge in [-0.2, -0.15) is 0 Å². The van der Waals surface area contributed by atoms with Gasteiger partial charge in [0.1, 0.15) is 11.7 Å². The Morgan fingerprint density at radius 2 is 2.38 bits per heavy atom. The van der Waals surface area contributed by atoms with Crippen molar-refractivity contribution in [3.05, 3.63) is 29.1 Å². The number of halogens is 2. The number of nitrogens with one attached hydrogen (secondary N) is 1. The zero-order valence-corrected chi connectivity index (χ0v) is 9.01. The molecule has 0 saturated carbocycles. The molecule has 0 radical (unpaired) electrons. The average molecular weight is 242 g/mol. The number of rotatable bonds is 2. The van der Waals surface area contributed by atoms with Gasteiger partial charge in [-0.25, -0.2) is 9.38 Å². The van der Waals surface area contributed by atoms with E-state index in [1.54, 1.807) is 0 Å². The third kappa shape index (κ3) is 1.86. The Bertz CT molecular complexity index is 487. The number of aliphatic imine (C=N–C) groups is 1. The predicted molar refractivity (Wildman–Crippen MR) is 59.6 cm³/mol. The predicted octanol–water partition coefficient (Wildman–Crippen LogP) is 1.30. The fraction of sp³-hybridized carbons (Fsp3) is 0.200. The maximum atomic E-state index is 13.5. The Morgan fingerprint density at radius 3 is 3.06 bits per heavy atom. The molecule has 1 aromatic rings. The lowest BCUT2D eigenvalue weighted by Crippen LogP contribution is -2.13. The van der Waals surface area contributed by atoms with E-state index in [1.165, 1.54) is 12.1 Å². The monoisotopic (exact) mass is 241 g/mol. The molecule has 2 rings (SSSR count). The van der Waals surface area contributed by atoms with Crippen molar-refractivity contribution in [2.75, 3.05) is 5.88 Å². The third-order valence-corrected chi connectivity index (χ3v) is 2.53. The standard InChI is InChI=1S/C10H9ClFN3O/c11-3-9(13)15-5-1-6-7(8(12)2-5)4-14-10(6)16/h1-2H,3-4H2,(H2,13,15)(H,14,16). The zero-order chi connectivity index (χ0) is 11.7. The van der Waals surface area contributed by atoms with Crippen molar-refractivity contribution in [3.63, 3.8) is 0 Å². The van der Waals surface area contributed by atoms with Crippen molar-refractivity contribution >= 4 is 29.0 Å². The Kier molecular flexibility index (Phi) is 2.78. The van der Waals surface area contributed by atoms with Crippen LogP contribution in [-0.2, 0) is 6.54 Å². The SMILES string of the molecule is NC(CCl)=Nc1cc(F)c2c(c1)C(=O)NC2. The van der Waals surface area contributed by atoms with E-state index in [9.17, 15) is 9.18 Å². The van der Waals surface area contributed by atoms with Crippen molar-refractivity contribution in [1.82, 2.24) is 5.32 Å². The minimum absolute atomic E-state index is 0.0604. The molecule has 6 heteroatoms. The van der Waals surface area contributed by atoms with E-state index in [1.807, 2.05) is 0 Å². The lowest BCUT2D eigenvalue weighted by atomic mass is 10.1. The van der Waals surface area contributed by atoms with Crippen LogP contribution in [0.2, 0.25) is 0 Å². The maximum absolute atomic E-state index is 13.5. The number of amides is 1. The molecule has 0 spiro atoms. The van der Waals surface area contributed by atoms with Gasteiger partial charge in [-0.1, -0.05) is 0 Å². The van der Waals surface area contributed by atoms with Crippen LogP contribution in [-0.4, -0.2) is 17.6 Å². The van der Waals surface area contributed by atoms with Gasteiger partial charge < -0.3 is 11.1 Å². The molecule has 84 valence electrons. The van der Waals surface area contributed by atoms with Crippen LogP contribution in [0.25, 0.3) is 0 Å². The first-order valence-corrected chi connectivity index (χ1v) is 5.15. The Hall–Kier alpha value is -1.62. The minimum atomic E-state index is -0.461. The average Bonchev–Trinajstić information content (AvgIpc) is 2.61. The number of nitrogens with zero attached hydrogens (tertiary/aromatic N) is 1. The van der Waals surface area contributed by atoms with Gasteiger partial charge in [0.25, 0.3) is 5.91 Å². The van der Waals surface area contributed by atoms with Crippen molar-refractivity contribution in [3.8, 4) is 0 Å². The highest BCUT2D eigenvalue weighted by molar-refractivity contribution is 6.28. The first kappa shape index (κ1) is 10.9. The number of carbonyl (C=O) groups excluding carboxylic acids is 1. The summed E-state index contributed by atoms with van der Waals surface area (Å²) >= 11 is 5.46. The Balaban J connectivity index is 2.48. The quantitative estimate of drug-likeness (QED) is 0.466. The lowest BCUT2D eigenvalue weighted by Gasteiger charge is -2.01. The number of alkyl halides is 1. The van der Waals surface area contributed by atoms with Crippen LogP contribution in [0.3, 0.4) is 0 Å². The fourth-order valence-corrected chi connectivity index (χ4v) is 1.59. The number of hydrogen-bond acceptors (Lipinski definition) is 2. The molecular weight excluding hydrogens is 233 g/mol. The van der Waals surface area contributed by atoms with Crippen molar-refractivity contribution in [1.29, 1.82) is 0 Å². The van der Waals surface area contributed by atoms with E-state index in [4.69, 9.17) is 17.3 Å². The minimum Gasteiger partial charge on any atom is -0.386 e. The van der Waals surface area contributed by atoms with Gasteiger partial charge in [-0.15, -0.1) is 11.6 Å². The number of nitrogens with two attached hydrogens (primary N) is 1. The van der Waals surface area contributed by atoms with E-state index in [0.717, 1.165) is 0 Å². The highest BCUT2D eigenvalue weighted by Crippen LogP contribution is 2.25. The second-order valence-corrected chi connectivity index (χ2v) is 3.64. The molecule has 4 nitrogen and oxygen atoms in total. The largest absolute Gasteiger partial charge is 0.386 e. The summed E-state index contributed by atoms with van der Waals surface area (Å²) in [7, 11) is 0. The molecule has 1 aromatic carbocycles. The van der Waals surface area contributed by atoms with Gasteiger partial charge in [0.15, 0.2) is 0 Å². The first-order chi connectivity index (χ1) is 7.61. The number of carbonyl (C=O) groups is 1. The van der Waals surface area contributed by atoms with E-state index in [-0.39, 0.29) is 24.2 Å². The van der Waals surface area contributed by atoms with Crippen LogP contribution in [0.5, 0.6) is 0 Å². The molecular formula is C10H9ClFN3O. The van der Waals surface area contributed by atoms with Crippen LogP contribution in [0.4, 0.5) is 10.1 Å². The Labute approximate surface area is 96.3 Å². The second kappa shape index (κ2) is 4.09. The maximum Gasteiger partial charge on any atom is 0.252 e. The number of amidine groups is 1. The van der Waals surface area contributed by atoms with Gasteiger partial charge >= 0.3 is 0 Å². The van der Waals surface area contributed by atoms with Crippen LogP contribution in [0, 0.1) is 5.82 Å². The van der Waals surface area contributed by atoms with Crippen molar-refractivity contribution < 1.29 is 9.18 Å². The molecule has 0 bridgehead atoms. The van der Waals surface area contributed by atoms with E-state index >= 15 is 0 Å². The summed E-state index contributed by atoms with van der Waals surface area (Å²) in [5, 5.41) is 2.54. The zero-order valence-electron chi connectivity index (χ0n) is 8.26. The van der Waals surface area contributed by atoms with Crippen molar-refractivity contribution in [2.24, 2.45) is 10.7 Å². The lowest BCUT2D eigenvalue weighted by molar-refractivity contribution is 0.0966. The molecule has 0 fully saturated rings. The summed E-state index contributed by atoms with van der Waals surface area (Å²) < 4.78 is 13.5. The van der Waals surface area contributed by atoms with Crippen LogP contribution in [0.15, 0.2) is 17.1 Å². The number of fused-ring (bicyclic) bond motifs is 1. The molecule has 1 aliphatic rings. The second-order valence-electron chi connectivity index (χ2n) is 3.37. The molecule has 1 aliphatic heterocycles. The topological polar surface area (TPSA) is 67.5 Å². The molecule has 0 aromatic heterocycles. The first-order valence-electron chi connectivity index (χ1n) is 4.61. The molecule has 3 N–H and O–H groups in total. The van der Waals surface area contributed by atoms with Gasteiger partial charge in [-0.3, -0.25) is 4.79 Å². The third-order valence-electron chi connectivity index (χ3n) is 2.26. The van der Waals surface area contributed by atoms with Crippen molar-refractivity contribution in [2.45, 2.75) is 6.54 Å². The summed E-state index contributed by atoms with van der Waals surface area (Å²) in [5.74, 6) is -0.517. The highest BCUT2D eigenvalue weighted by atomic mass is 35.5. The van der Waals surface area contributed by atoms with Crippen LogP contribution >= 0.6 is 11.6 Å². The fourth-order valence-electron chi connectivity index (χ4n) is 1.53. The molecule has 0 unspecified atom stereocenters. The Morgan fingerprint density at radius 1 is 1.62 bits per heavy atom. The summed E-state index contributed by atoms with van der Waals surface area (Å²) in [4.78, 5) is 15.2. The molecule has 16 heavy (non-hydrogen) atoms. The number of benzene rings is 1. The number of hydrogen-bond donors (Lipinski definition) is 2. The summed E-state index contributed by atoms with van der Waals surface area (Å²) in [6.45, 7) is 0.217. The highest BCUT2D eigenvalue weighted by Gasteiger charge is 2.22. The van der Waals surface area contributed by atoms with Gasteiger partial charge in [0.2, 0.25) is 0 Å². The normalized spacial score (nSPS) is 14.9. The van der Waals surface area contributed by atoms with E-state index < -0.39 is 5.82 Å². The van der Waals surface area contributed by atoms with E-state index in [2.05, 4.69) is 10.3 Å². The molecule has 0 saturated heterocycles. The smallest absolute Gasteiger partial charge is 0.252 e. The molecule has 1 heterocycles. The summed E-state index contributed by atoms with van der Waals surface area (Å²) in [5.41, 5.74) is 6.40. The molecule has 1 amide bonds. The van der Waals surface area contributed by atoms with Crippen LogP contribution < -0.4 is 11.1 Å². The summed E-state index contributed by atoms with van der Waals surface area (Å²) in [6.07, 6.45) is 0. The van der Waals surface area contributed by atoms with Gasteiger partial charge in [0, 0.05) is 17.7 Å². The van der Waals surface area contributed by atoms with E-state index in [0.29, 0.717) is 16.8 Å². The summed E-state index contributed by atoms with van der Waals surface area (Å²) in [6, 6.07) is 2.73. The molecule has 0 atom stereocenters. The molecule has 0 aliphatic carbocycles. The van der Waals surface area contributed by atoms with Gasteiger partial charge in [-0.05, 0) is 12.1 Å².